The highest BCUT2D eigenvalue weighted by Crippen LogP contribution is 2.22. The van der Waals surface area contributed by atoms with Gasteiger partial charge >= 0.3 is 0 Å². The van der Waals surface area contributed by atoms with Crippen molar-refractivity contribution in [1.82, 2.24) is 10.5 Å². The van der Waals surface area contributed by atoms with Crippen molar-refractivity contribution in [3.05, 3.63) is 36.5 Å². The minimum absolute atomic E-state index is 0.508. The van der Waals surface area contributed by atoms with Gasteiger partial charge in [-0.3, -0.25) is 4.98 Å². The largest absolute Gasteiger partial charge is 0.254 e. The highest BCUT2D eigenvalue weighted by Gasteiger charge is 1.98. The fraction of sp³-hybridized carbons (Fsp3) is 0. The molecule has 2 rings (SSSR count). The molecule has 0 aliphatic heterocycles. The summed E-state index contributed by atoms with van der Waals surface area (Å²) in [5, 5.41) is 4.12. The molecule has 1 radical (unpaired) electrons. The van der Waals surface area contributed by atoms with Crippen LogP contribution in [0.2, 0.25) is 0 Å². The maximum atomic E-state index is 8.62. The quantitative estimate of drug-likeness (QED) is 0.583. The second-order valence-corrected chi connectivity index (χ2v) is 2.45. The number of para-hydroxylation sites is 1. The van der Waals surface area contributed by atoms with E-state index in [-0.39, 0.29) is 0 Å². The minimum Gasteiger partial charge on any atom is -0.254 e. The number of hydrogen-bond donors (Lipinski definition) is 0. The predicted molar refractivity (Wildman–Crippen MR) is 46.0 cm³/mol. The molecule has 1 heterocycles. The van der Waals surface area contributed by atoms with Gasteiger partial charge in [-0.2, -0.15) is 0 Å². The van der Waals surface area contributed by atoms with E-state index >= 15 is 0 Å². The Labute approximate surface area is 69.6 Å². The Hall–Kier alpha value is -1.77. The van der Waals surface area contributed by atoms with E-state index in [4.69, 9.17) is 5.53 Å². The zero-order valence-electron chi connectivity index (χ0n) is 6.31. The van der Waals surface area contributed by atoms with Crippen molar-refractivity contribution in [2.24, 2.45) is 5.11 Å². The van der Waals surface area contributed by atoms with Gasteiger partial charge in [0.15, 0.2) is 0 Å². The molecule has 0 N–H and O–H groups in total. The Balaban J connectivity index is 2.88. The average molecular weight is 156 g/mol. The van der Waals surface area contributed by atoms with Crippen LogP contribution in [0.5, 0.6) is 0 Å². The molecule has 0 amide bonds. The van der Waals surface area contributed by atoms with Gasteiger partial charge in [0.1, 0.15) is 5.69 Å². The van der Waals surface area contributed by atoms with E-state index in [2.05, 4.69) is 10.1 Å². The van der Waals surface area contributed by atoms with Crippen molar-refractivity contribution in [2.75, 3.05) is 0 Å². The fourth-order valence-electron chi connectivity index (χ4n) is 1.17. The first-order valence-corrected chi connectivity index (χ1v) is 3.60. The number of pyridine rings is 1. The molecule has 3 nitrogen and oxygen atoms in total. The summed E-state index contributed by atoms with van der Waals surface area (Å²) in [5.74, 6) is 0. The molecule has 57 valence electrons. The molecule has 12 heavy (non-hydrogen) atoms. The summed E-state index contributed by atoms with van der Waals surface area (Å²) in [6.07, 6.45) is 1.68. The maximum absolute atomic E-state index is 8.62. The number of benzene rings is 1. The third kappa shape index (κ3) is 0.955. The fourth-order valence-corrected chi connectivity index (χ4v) is 1.17. The Bertz CT molecular complexity index is 418. The van der Waals surface area contributed by atoms with Crippen molar-refractivity contribution < 1.29 is 0 Å². The van der Waals surface area contributed by atoms with Gasteiger partial charge in [-0.15, -0.1) is 5.11 Å². The van der Waals surface area contributed by atoms with Crippen molar-refractivity contribution >= 4 is 16.6 Å². The van der Waals surface area contributed by atoms with Crippen molar-refractivity contribution in [3.63, 3.8) is 0 Å². The molecule has 0 saturated carbocycles. The zero-order chi connectivity index (χ0) is 8.39. The second-order valence-electron chi connectivity index (χ2n) is 2.45. The lowest BCUT2D eigenvalue weighted by molar-refractivity contribution is 1.29. The molecule has 1 aromatic heterocycles. The van der Waals surface area contributed by atoms with E-state index in [1.54, 1.807) is 12.3 Å². The van der Waals surface area contributed by atoms with Crippen LogP contribution in [0.3, 0.4) is 0 Å². The number of aromatic nitrogens is 1. The molecule has 0 unspecified atom stereocenters. The van der Waals surface area contributed by atoms with Gasteiger partial charge in [0.2, 0.25) is 0 Å². The second kappa shape index (κ2) is 2.70. The van der Waals surface area contributed by atoms with Crippen molar-refractivity contribution in [3.8, 4) is 0 Å². The third-order valence-electron chi connectivity index (χ3n) is 1.72. The van der Waals surface area contributed by atoms with Crippen LogP contribution in [0.25, 0.3) is 10.9 Å². The Kier molecular flexibility index (Phi) is 1.55. The van der Waals surface area contributed by atoms with Crippen LogP contribution in [-0.2, 0) is 0 Å². The van der Waals surface area contributed by atoms with Gasteiger partial charge in [-0.05, 0) is 17.7 Å². The number of rotatable bonds is 1. The first kappa shape index (κ1) is 6.91. The van der Waals surface area contributed by atoms with E-state index in [1.165, 1.54) is 0 Å². The lowest BCUT2D eigenvalue weighted by atomic mass is 10.2. The van der Waals surface area contributed by atoms with Crippen LogP contribution < -0.4 is 5.53 Å². The van der Waals surface area contributed by atoms with Crippen LogP contribution in [-0.4, -0.2) is 4.98 Å². The maximum Gasteiger partial charge on any atom is 0.114 e. The summed E-state index contributed by atoms with van der Waals surface area (Å²) < 4.78 is 0. The van der Waals surface area contributed by atoms with Crippen LogP contribution in [0.15, 0.2) is 41.6 Å². The number of hydrogen-bond acceptors (Lipinski definition) is 2. The van der Waals surface area contributed by atoms with Gasteiger partial charge < -0.3 is 0 Å². The summed E-state index contributed by atoms with van der Waals surface area (Å²) in [7, 11) is 0. The standard InChI is InChI=1S/C9H6N3/c10-12-8-5-1-3-7-4-2-6-11-9(7)8/h1-6H. The van der Waals surface area contributed by atoms with Gasteiger partial charge in [0.05, 0.1) is 5.52 Å². The topological polar surface area (TPSA) is 47.5 Å². The molecular formula is C9H6N3. The lowest BCUT2D eigenvalue weighted by Gasteiger charge is -1.96. The monoisotopic (exact) mass is 156 g/mol. The molecule has 0 saturated heterocycles. The summed E-state index contributed by atoms with van der Waals surface area (Å²) >= 11 is 0. The molecule has 0 aliphatic carbocycles. The average Bonchev–Trinajstić information content (AvgIpc) is 2.17. The van der Waals surface area contributed by atoms with E-state index in [1.807, 2.05) is 24.3 Å². The normalized spacial score (nSPS) is 10.0. The molecule has 1 aromatic carbocycles. The van der Waals surface area contributed by atoms with Crippen LogP contribution >= 0.6 is 0 Å². The van der Waals surface area contributed by atoms with Crippen molar-refractivity contribution in [1.29, 1.82) is 0 Å². The van der Waals surface area contributed by atoms with Crippen molar-refractivity contribution in [2.45, 2.75) is 0 Å². The highest BCUT2D eigenvalue weighted by molar-refractivity contribution is 5.88. The van der Waals surface area contributed by atoms with Crippen LogP contribution in [0.1, 0.15) is 0 Å². The Morgan fingerprint density at radius 3 is 2.83 bits per heavy atom. The first-order valence-electron chi connectivity index (χ1n) is 3.60. The van der Waals surface area contributed by atoms with Crippen LogP contribution in [0.4, 0.5) is 5.69 Å². The number of nitrogens with zero attached hydrogens (tertiary/aromatic N) is 3. The summed E-state index contributed by atoms with van der Waals surface area (Å²) in [4.78, 5) is 4.10. The molecule has 3 heteroatoms. The molecule has 0 spiro atoms. The van der Waals surface area contributed by atoms with Gasteiger partial charge in [0.25, 0.3) is 0 Å². The molecule has 0 bridgehead atoms. The van der Waals surface area contributed by atoms with Crippen LogP contribution in [0, 0.1) is 0 Å². The molecular weight excluding hydrogens is 150 g/mol. The SMILES string of the molecule is [N]=Nc1cccc2cccnc12. The van der Waals surface area contributed by atoms with E-state index in [0.29, 0.717) is 5.69 Å². The molecule has 0 fully saturated rings. The lowest BCUT2D eigenvalue weighted by Crippen LogP contribution is -1.76. The first-order chi connectivity index (χ1) is 5.92. The smallest absolute Gasteiger partial charge is 0.114 e. The minimum atomic E-state index is 0.508. The third-order valence-corrected chi connectivity index (χ3v) is 1.72. The van der Waals surface area contributed by atoms with Gasteiger partial charge in [-0.25, -0.2) is 0 Å². The van der Waals surface area contributed by atoms with E-state index in [9.17, 15) is 0 Å². The van der Waals surface area contributed by atoms with E-state index in [0.717, 1.165) is 10.9 Å². The summed E-state index contributed by atoms with van der Waals surface area (Å²) in [6.45, 7) is 0. The van der Waals surface area contributed by atoms with Gasteiger partial charge in [-0.1, -0.05) is 18.2 Å². The molecule has 0 atom stereocenters. The summed E-state index contributed by atoms with van der Waals surface area (Å²) in [6, 6.07) is 9.26. The highest BCUT2D eigenvalue weighted by atomic mass is 15.0. The zero-order valence-corrected chi connectivity index (χ0v) is 6.31. The molecule has 0 aliphatic rings. The van der Waals surface area contributed by atoms with E-state index < -0.39 is 0 Å². The number of fused-ring (bicyclic) bond motifs is 1. The van der Waals surface area contributed by atoms with Gasteiger partial charge in [0, 0.05) is 11.6 Å². The Morgan fingerprint density at radius 1 is 1.17 bits per heavy atom. The molecule has 2 aromatic rings. The summed E-state index contributed by atoms with van der Waals surface area (Å²) in [5.41, 5.74) is 9.85. The predicted octanol–water partition coefficient (Wildman–Crippen LogP) is 2.12. The Morgan fingerprint density at radius 2 is 2.00 bits per heavy atom.